The topological polar surface area (TPSA) is 44.4 Å². The van der Waals surface area contributed by atoms with Crippen LogP contribution in [0.3, 0.4) is 0 Å². The number of rotatable bonds is 8. The molecule has 0 radical (unpaired) electrons. The van der Waals surface area contributed by atoms with Crippen molar-refractivity contribution in [1.82, 2.24) is 15.5 Å². The van der Waals surface area contributed by atoms with Gasteiger partial charge in [0, 0.05) is 19.1 Å². The second-order valence-corrected chi connectivity index (χ2v) is 4.97. The van der Waals surface area contributed by atoms with E-state index in [1.165, 1.54) is 19.3 Å². The molecule has 4 heteroatoms. The lowest BCUT2D eigenvalue weighted by Crippen LogP contribution is -2.47. The van der Waals surface area contributed by atoms with Crippen LogP contribution in [0.5, 0.6) is 0 Å². The highest BCUT2D eigenvalue weighted by Crippen LogP contribution is 2.08. The minimum absolute atomic E-state index is 0.0964. The summed E-state index contributed by atoms with van der Waals surface area (Å²) in [6.07, 6.45) is 6.62. The van der Waals surface area contributed by atoms with E-state index in [1.807, 2.05) is 0 Å². The van der Waals surface area contributed by atoms with Crippen molar-refractivity contribution in [2.45, 2.75) is 38.6 Å². The first-order valence-corrected chi connectivity index (χ1v) is 7.09. The zero-order valence-electron chi connectivity index (χ0n) is 11.6. The van der Waals surface area contributed by atoms with Gasteiger partial charge < -0.3 is 10.6 Å². The molecule has 1 fully saturated rings. The summed E-state index contributed by atoms with van der Waals surface area (Å²) in [6, 6.07) is 0.553. The zero-order chi connectivity index (χ0) is 13.2. The van der Waals surface area contributed by atoms with Crippen LogP contribution in [0.2, 0.25) is 0 Å². The van der Waals surface area contributed by atoms with Crippen molar-refractivity contribution in [3.63, 3.8) is 0 Å². The summed E-state index contributed by atoms with van der Waals surface area (Å²) < 4.78 is 0. The van der Waals surface area contributed by atoms with E-state index in [4.69, 9.17) is 0 Å². The molecule has 1 unspecified atom stereocenters. The molecule has 1 atom stereocenters. The molecule has 18 heavy (non-hydrogen) atoms. The molecule has 1 amide bonds. The summed E-state index contributed by atoms with van der Waals surface area (Å²) >= 11 is 0. The van der Waals surface area contributed by atoms with Crippen molar-refractivity contribution in [2.24, 2.45) is 0 Å². The first-order valence-electron chi connectivity index (χ1n) is 7.09. The third-order valence-corrected chi connectivity index (χ3v) is 3.24. The second-order valence-electron chi connectivity index (χ2n) is 4.97. The predicted molar refractivity (Wildman–Crippen MR) is 75.6 cm³/mol. The quantitative estimate of drug-likeness (QED) is 0.638. The van der Waals surface area contributed by atoms with Gasteiger partial charge in [0.05, 0.1) is 6.54 Å². The molecule has 0 bridgehead atoms. The largest absolute Gasteiger partial charge is 0.352 e. The maximum absolute atomic E-state index is 11.7. The average molecular weight is 253 g/mol. The second kappa shape index (κ2) is 9.11. The van der Waals surface area contributed by atoms with Gasteiger partial charge in [0.2, 0.25) is 5.91 Å². The molecule has 0 aromatic rings. The number of hydrogen-bond acceptors (Lipinski definition) is 3. The van der Waals surface area contributed by atoms with Crippen molar-refractivity contribution in [3.05, 3.63) is 12.7 Å². The molecule has 4 nitrogen and oxygen atoms in total. The molecule has 0 spiro atoms. The number of nitrogens with zero attached hydrogens (tertiary/aromatic N) is 1. The number of hydrogen-bond donors (Lipinski definition) is 2. The molecular formula is C14H27N3O. The highest BCUT2D eigenvalue weighted by molar-refractivity contribution is 5.78. The fraction of sp³-hybridized carbons (Fsp3) is 0.786. The Labute approximate surface area is 111 Å². The van der Waals surface area contributed by atoms with E-state index in [9.17, 15) is 4.79 Å². The van der Waals surface area contributed by atoms with Crippen molar-refractivity contribution in [2.75, 3.05) is 32.7 Å². The van der Waals surface area contributed by atoms with Gasteiger partial charge in [-0.25, -0.2) is 0 Å². The number of amides is 1. The van der Waals surface area contributed by atoms with E-state index in [0.717, 1.165) is 26.1 Å². The third-order valence-electron chi connectivity index (χ3n) is 3.24. The van der Waals surface area contributed by atoms with Gasteiger partial charge in [0.25, 0.3) is 0 Å². The average Bonchev–Trinajstić information content (AvgIpc) is 2.38. The van der Waals surface area contributed by atoms with Crippen LogP contribution >= 0.6 is 0 Å². The summed E-state index contributed by atoms with van der Waals surface area (Å²) in [5.74, 6) is 0.0964. The predicted octanol–water partition coefficient (Wildman–Crippen LogP) is 1.14. The van der Waals surface area contributed by atoms with Crippen LogP contribution in [0.1, 0.15) is 32.6 Å². The molecule has 1 aliphatic rings. The van der Waals surface area contributed by atoms with E-state index in [0.29, 0.717) is 19.1 Å². The monoisotopic (exact) mass is 253 g/mol. The molecule has 2 N–H and O–H groups in total. The summed E-state index contributed by atoms with van der Waals surface area (Å²) in [7, 11) is 0. The Hall–Kier alpha value is -0.870. The highest BCUT2D eigenvalue weighted by atomic mass is 16.2. The highest BCUT2D eigenvalue weighted by Gasteiger charge is 2.17. The Morgan fingerprint density at radius 3 is 3.00 bits per heavy atom. The van der Waals surface area contributed by atoms with Crippen LogP contribution in [0.4, 0.5) is 0 Å². The van der Waals surface area contributed by atoms with Crippen molar-refractivity contribution in [1.29, 1.82) is 0 Å². The Morgan fingerprint density at radius 1 is 1.56 bits per heavy atom. The standard InChI is InChI=1S/C14H27N3O/c1-3-8-16-14(18)12-17(10-4-2)11-13-7-5-6-9-15-13/h3,13,15H,1,4-12H2,2H3,(H,16,18). The maximum atomic E-state index is 11.7. The van der Waals surface area contributed by atoms with E-state index in [-0.39, 0.29) is 5.91 Å². The lowest BCUT2D eigenvalue weighted by atomic mass is 10.0. The smallest absolute Gasteiger partial charge is 0.234 e. The van der Waals surface area contributed by atoms with Gasteiger partial charge in [0.15, 0.2) is 0 Å². The van der Waals surface area contributed by atoms with Crippen molar-refractivity contribution >= 4 is 5.91 Å². The minimum Gasteiger partial charge on any atom is -0.352 e. The normalized spacial score (nSPS) is 19.8. The van der Waals surface area contributed by atoms with Crippen LogP contribution in [-0.2, 0) is 4.79 Å². The lowest BCUT2D eigenvalue weighted by Gasteiger charge is -2.30. The SMILES string of the molecule is C=CCNC(=O)CN(CCC)CC1CCCCN1. The molecule has 1 rings (SSSR count). The van der Waals surface area contributed by atoms with Crippen LogP contribution in [-0.4, -0.2) is 49.6 Å². The number of piperidine rings is 1. The van der Waals surface area contributed by atoms with E-state index in [2.05, 4.69) is 29.0 Å². The van der Waals surface area contributed by atoms with E-state index in [1.54, 1.807) is 6.08 Å². The molecule has 1 aliphatic heterocycles. The van der Waals surface area contributed by atoms with Crippen molar-refractivity contribution in [3.8, 4) is 0 Å². The third kappa shape index (κ3) is 6.17. The molecule has 1 heterocycles. The summed E-state index contributed by atoms with van der Waals surface area (Å²) in [5.41, 5.74) is 0. The van der Waals surface area contributed by atoms with Gasteiger partial charge in [-0.05, 0) is 32.4 Å². The fourth-order valence-corrected chi connectivity index (χ4v) is 2.39. The fourth-order valence-electron chi connectivity index (χ4n) is 2.39. The zero-order valence-corrected chi connectivity index (χ0v) is 11.6. The van der Waals surface area contributed by atoms with Gasteiger partial charge in [-0.15, -0.1) is 6.58 Å². The van der Waals surface area contributed by atoms with Crippen molar-refractivity contribution < 1.29 is 4.79 Å². The summed E-state index contributed by atoms with van der Waals surface area (Å²) in [6.45, 7) is 9.90. The van der Waals surface area contributed by atoms with Gasteiger partial charge in [0.1, 0.15) is 0 Å². The first kappa shape index (κ1) is 15.2. The first-order chi connectivity index (χ1) is 8.76. The van der Waals surface area contributed by atoms with Gasteiger partial charge >= 0.3 is 0 Å². The molecule has 0 aliphatic carbocycles. The molecule has 0 saturated carbocycles. The van der Waals surface area contributed by atoms with Crippen LogP contribution in [0, 0.1) is 0 Å². The molecule has 1 saturated heterocycles. The van der Waals surface area contributed by atoms with Crippen LogP contribution < -0.4 is 10.6 Å². The number of carbonyl (C=O) groups excluding carboxylic acids is 1. The Kier molecular flexibility index (Phi) is 7.69. The lowest BCUT2D eigenvalue weighted by molar-refractivity contribution is -0.122. The molecule has 0 aromatic heterocycles. The molecule has 0 aromatic carbocycles. The Bertz CT molecular complexity index is 249. The Balaban J connectivity index is 2.32. The minimum atomic E-state index is 0.0964. The van der Waals surface area contributed by atoms with E-state index >= 15 is 0 Å². The van der Waals surface area contributed by atoms with Gasteiger partial charge in [-0.3, -0.25) is 9.69 Å². The Morgan fingerprint density at radius 2 is 2.39 bits per heavy atom. The van der Waals surface area contributed by atoms with Crippen LogP contribution in [0.15, 0.2) is 12.7 Å². The maximum Gasteiger partial charge on any atom is 0.234 e. The van der Waals surface area contributed by atoms with Gasteiger partial charge in [-0.1, -0.05) is 19.4 Å². The summed E-state index contributed by atoms with van der Waals surface area (Å²) in [4.78, 5) is 14.0. The molecule has 104 valence electrons. The number of carbonyl (C=O) groups is 1. The van der Waals surface area contributed by atoms with Crippen LogP contribution in [0.25, 0.3) is 0 Å². The number of nitrogens with one attached hydrogen (secondary N) is 2. The van der Waals surface area contributed by atoms with E-state index < -0.39 is 0 Å². The molecular weight excluding hydrogens is 226 g/mol. The van der Waals surface area contributed by atoms with Gasteiger partial charge in [-0.2, -0.15) is 0 Å². The summed E-state index contributed by atoms with van der Waals surface area (Å²) in [5, 5.41) is 6.37.